The van der Waals surface area contributed by atoms with Crippen LogP contribution in [0.1, 0.15) is 22.6 Å². The van der Waals surface area contributed by atoms with Crippen LogP contribution >= 0.6 is 0 Å². The maximum absolute atomic E-state index is 12.4. The Hall–Kier alpha value is -2.80. The van der Waals surface area contributed by atoms with E-state index in [-0.39, 0.29) is 5.91 Å². The van der Waals surface area contributed by atoms with Crippen molar-refractivity contribution in [3.8, 4) is 5.69 Å². The SMILES string of the molecule is Cc1c(C(=O)NC[C@H]2CCOC2)nnn1-c1cccc2cccnc12. The van der Waals surface area contributed by atoms with Gasteiger partial charge in [0.2, 0.25) is 0 Å². The predicted octanol–water partition coefficient (Wildman–Crippen LogP) is 1.89. The highest BCUT2D eigenvalue weighted by Crippen LogP contribution is 2.21. The number of amides is 1. The zero-order chi connectivity index (χ0) is 17.2. The molecule has 1 N–H and O–H groups in total. The van der Waals surface area contributed by atoms with E-state index >= 15 is 0 Å². The zero-order valence-electron chi connectivity index (χ0n) is 14.0. The summed E-state index contributed by atoms with van der Waals surface area (Å²) in [6.45, 7) is 3.91. The molecule has 7 nitrogen and oxygen atoms in total. The molecule has 1 atom stereocenters. The van der Waals surface area contributed by atoms with E-state index in [2.05, 4.69) is 20.6 Å². The van der Waals surface area contributed by atoms with Gasteiger partial charge in [-0.2, -0.15) is 0 Å². The molecule has 1 aliphatic rings. The second-order valence-electron chi connectivity index (χ2n) is 6.23. The molecular formula is C18H19N5O2. The molecule has 1 aromatic carbocycles. The largest absolute Gasteiger partial charge is 0.381 e. The van der Waals surface area contributed by atoms with Gasteiger partial charge in [0.05, 0.1) is 23.5 Å². The van der Waals surface area contributed by atoms with Gasteiger partial charge in [0, 0.05) is 30.7 Å². The minimum Gasteiger partial charge on any atom is -0.381 e. The summed E-state index contributed by atoms with van der Waals surface area (Å²) in [6.07, 6.45) is 2.73. The molecule has 7 heteroatoms. The topological polar surface area (TPSA) is 81.9 Å². The highest BCUT2D eigenvalue weighted by Gasteiger charge is 2.21. The number of benzene rings is 1. The zero-order valence-corrected chi connectivity index (χ0v) is 14.0. The van der Waals surface area contributed by atoms with E-state index in [1.54, 1.807) is 10.9 Å². The molecule has 0 radical (unpaired) electrons. The Kier molecular flexibility index (Phi) is 4.15. The molecule has 1 fully saturated rings. The molecule has 1 amide bonds. The van der Waals surface area contributed by atoms with Gasteiger partial charge in [0.25, 0.3) is 5.91 Å². The summed E-state index contributed by atoms with van der Waals surface area (Å²) in [6, 6.07) is 9.76. The first-order valence-corrected chi connectivity index (χ1v) is 8.36. The Morgan fingerprint density at radius 1 is 1.36 bits per heavy atom. The third-order valence-corrected chi connectivity index (χ3v) is 4.52. The molecule has 0 saturated carbocycles. The number of para-hydroxylation sites is 1. The summed E-state index contributed by atoms with van der Waals surface area (Å²) in [5, 5.41) is 12.2. The first kappa shape index (κ1) is 15.7. The van der Waals surface area contributed by atoms with E-state index in [4.69, 9.17) is 4.74 Å². The molecule has 128 valence electrons. The van der Waals surface area contributed by atoms with Crippen molar-refractivity contribution in [3.63, 3.8) is 0 Å². The van der Waals surface area contributed by atoms with E-state index in [1.165, 1.54) is 0 Å². The van der Waals surface area contributed by atoms with Crippen LogP contribution < -0.4 is 5.32 Å². The molecule has 4 rings (SSSR count). The highest BCUT2D eigenvalue weighted by molar-refractivity contribution is 5.93. The molecule has 25 heavy (non-hydrogen) atoms. The number of nitrogens with zero attached hydrogens (tertiary/aromatic N) is 4. The van der Waals surface area contributed by atoms with Gasteiger partial charge in [-0.15, -0.1) is 5.10 Å². The number of ether oxygens (including phenoxy) is 1. The van der Waals surface area contributed by atoms with E-state index in [9.17, 15) is 4.79 Å². The summed E-state index contributed by atoms with van der Waals surface area (Å²) >= 11 is 0. The van der Waals surface area contributed by atoms with Crippen molar-refractivity contribution >= 4 is 16.8 Å². The first-order chi connectivity index (χ1) is 12.2. The second-order valence-corrected chi connectivity index (χ2v) is 6.23. The Balaban J connectivity index is 1.61. The maximum atomic E-state index is 12.4. The lowest BCUT2D eigenvalue weighted by Crippen LogP contribution is -2.30. The lowest BCUT2D eigenvalue weighted by atomic mass is 10.1. The number of hydrogen-bond donors (Lipinski definition) is 1. The van der Waals surface area contributed by atoms with Crippen LogP contribution in [0, 0.1) is 12.8 Å². The molecule has 2 aromatic heterocycles. The number of nitrogens with one attached hydrogen (secondary N) is 1. The minimum absolute atomic E-state index is 0.205. The van der Waals surface area contributed by atoms with Crippen molar-refractivity contribution < 1.29 is 9.53 Å². The Labute approximate surface area is 145 Å². The summed E-state index contributed by atoms with van der Waals surface area (Å²) in [5.74, 6) is 0.172. The van der Waals surface area contributed by atoms with Gasteiger partial charge < -0.3 is 10.1 Å². The number of hydrogen-bond acceptors (Lipinski definition) is 5. The number of aromatic nitrogens is 4. The summed E-state index contributed by atoms with van der Waals surface area (Å²) < 4.78 is 7.00. The fourth-order valence-corrected chi connectivity index (χ4v) is 3.09. The first-order valence-electron chi connectivity index (χ1n) is 8.36. The highest BCUT2D eigenvalue weighted by atomic mass is 16.5. The van der Waals surface area contributed by atoms with Crippen LogP contribution in [0.15, 0.2) is 36.5 Å². The number of carbonyl (C=O) groups excluding carboxylic acids is 1. The van der Waals surface area contributed by atoms with Crippen LogP contribution in [0.25, 0.3) is 16.6 Å². The average molecular weight is 337 g/mol. The molecule has 0 bridgehead atoms. The summed E-state index contributed by atoms with van der Waals surface area (Å²) in [4.78, 5) is 16.9. The third kappa shape index (κ3) is 2.98. The number of pyridine rings is 1. The standard InChI is InChI=1S/C18H19N5O2/c1-12-16(18(24)20-10-13-7-9-25-11-13)21-22-23(12)15-6-2-4-14-5-3-8-19-17(14)15/h2-6,8,13H,7,9-11H2,1H3,(H,20,24)/t13-/m1/s1. The van der Waals surface area contributed by atoms with Crippen molar-refractivity contribution in [1.82, 2.24) is 25.3 Å². The van der Waals surface area contributed by atoms with Crippen molar-refractivity contribution in [2.75, 3.05) is 19.8 Å². The van der Waals surface area contributed by atoms with Gasteiger partial charge in [-0.3, -0.25) is 9.78 Å². The van der Waals surface area contributed by atoms with Crippen LogP contribution in [-0.2, 0) is 4.74 Å². The maximum Gasteiger partial charge on any atom is 0.273 e. The quantitative estimate of drug-likeness (QED) is 0.786. The fraction of sp³-hybridized carbons (Fsp3) is 0.333. The van der Waals surface area contributed by atoms with Crippen LogP contribution in [0.2, 0.25) is 0 Å². The van der Waals surface area contributed by atoms with Gasteiger partial charge in [-0.1, -0.05) is 23.4 Å². The Morgan fingerprint density at radius 3 is 3.08 bits per heavy atom. The van der Waals surface area contributed by atoms with E-state index < -0.39 is 0 Å². The molecule has 0 aliphatic carbocycles. The molecule has 3 heterocycles. The van der Waals surface area contributed by atoms with Crippen molar-refractivity contribution in [2.24, 2.45) is 5.92 Å². The lowest BCUT2D eigenvalue weighted by molar-refractivity contribution is 0.0939. The van der Waals surface area contributed by atoms with E-state index in [0.717, 1.165) is 29.6 Å². The van der Waals surface area contributed by atoms with Crippen molar-refractivity contribution in [2.45, 2.75) is 13.3 Å². The van der Waals surface area contributed by atoms with E-state index in [1.807, 2.05) is 37.3 Å². The molecular weight excluding hydrogens is 318 g/mol. The average Bonchev–Trinajstić information content (AvgIpc) is 3.29. The van der Waals surface area contributed by atoms with E-state index in [0.29, 0.717) is 30.5 Å². The number of fused-ring (bicyclic) bond motifs is 1. The Bertz CT molecular complexity index is 909. The molecule has 0 unspecified atom stereocenters. The molecule has 1 saturated heterocycles. The van der Waals surface area contributed by atoms with Crippen molar-refractivity contribution in [3.05, 3.63) is 47.9 Å². The normalized spacial score (nSPS) is 17.1. The number of rotatable bonds is 4. The van der Waals surface area contributed by atoms with Crippen LogP contribution in [0.3, 0.4) is 0 Å². The molecule has 1 aliphatic heterocycles. The van der Waals surface area contributed by atoms with Gasteiger partial charge in [0.1, 0.15) is 0 Å². The molecule has 3 aromatic rings. The summed E-state index contributed by atoms with van der Waals surface area (Å²) in [5.41, 5.74) is 2.67. The second kappa shape index (κ2) is 6.60. The van der Waals surface area contributed by atoms with Crippen LogP contribution in [0.4, 0.5) is 0 Å². The van der Waals surface area contributed by atoms with Gasteiger partial charge in [-0.05, 0) is 25.5 Å². The van der Waals surface area contributed by atoms with Crippen molar-refractivity contribution in [1.29, 1.82) is 0 Å². The fourth-order valence-electron chi connectivity index (χ4n) is 3.09. The monoisotopic (exact) mass is 337 g/mol. The smallest absolute Gasteiger partial charge is 0.273 e. The lowest BCUT2D eigenvalue weighted by Gasteiger charge is -2.09. The van der Waals surface area contributed by atoms with Crippen LogP contribution in [0.5, 0.6) is 0 Å². The molecule has 0 spiro atoms. The van der Waals surface area contributed by atoms with Gasteiger partial charge in [-0.25, -0.2) is 4.68 Å². The predicted molar refractivity (Wildman–Crippen MR) is 92.7 cm³/mol. The van der Waals surface area contributed by atoms with Gasteiger partial charge >= 0.3 is 0 Å². The minimum atomic E-state index is -0.205. The summed E-state index contributed by atoms with van der Waals surface area (Å²) in [7, 11) is 0. The third-order valence-electron chi connectivity index (χ3n) is 4.52. The Morgan fingerprint density at radius 2 is 2.24 bits per heavy atom. The van der Waals surface area contributed by atoms with Crippen LogP contribution in [-0.4, -0.2) is 45.6 Å². The number of carbonyl (C=O) groups is 1. The van der Waals surface area contributed by atoms with Gasteiger partial charge in [0.15, 0.2) is 5.69 Å².